The highest BCUT2D eigenvalue weighted by molar-refractivity contribution is 7.53. The maximum Gasteiger partial charge on any atom is 0.351 e. The van der Waals surface area contributed by atoms with Gasteiger partial charge in [-0.05, 0) is 30.6 Å². The molecule has 2 amide bonds. The number of rotatable bonds is 22. The Morgan fingerprint density at radius 3 is 1.97 bits per heavy atom. The lowest BCUT2D eigenvalue weighted by molar-refractivity contribution is -0.244. The molecule has 0 aromatic carbocycles. The molecular weight excluding hydrogens is 968 g/mol. The molecule has 0 spiro atoms. The number of nitrogens with zero attached hydrogens (tertiary/aromatic N) is 2. The first-order chi connectivity index (χ1) is 32.3. The van der Waals surface area contributed by atoms with Gasteiger partial charge in [0.25, 0.3) is 0 Å². The van der Waals surface area contributed by atoms with Crippen LogP contribution in [0.3, 0.4) is 0 Å². The second-order valence-electron chi connectivity index (χ2n) is 18.4. The summed E-state index contributed by atoms with van der Waals surface area (Å²) in [7, 11) is -5.99. The maximum atomic E-state index is 14.8. The van der Waals surface area contributed by atoms with Crippen molar-refractivity contribution < 1.29 is 94.3 Å². The van der Waals surface area contributed by atoms with Crippen LogP contribution in [-0.4, -0.2) is 153 Å². The number of nitrogens with one attached hydrogen (secondary N) is 2. The van der Waals surface area contributed by atoms with Crippen LogP contribution in [0.15, 0.2) is 17.1 Å². The lowest BCUT2D eigenvalue weighted by Crippen LogP contribution is -2.68. The highest BCUT2D eigenvalue weighted by atomic mass is 31.2. The average molecular weight is 1040 g/mol. The van der Waals surface area contributed by atoms with Gasteiger partial charge < -0.3 is 62.0 Å². The van der Waals surface area contributed by atoms with E-state index in [-0.39, 0.29) is 30.3 Å². The van der Waals surface area contributed by atoms with Crippen LogP contribution < -0.4 is 16.3 Å². The van der Waals surface area contributed by atoms with E-state index in [1.54, 1.807) is 0 Å². The standard InChI is InChI=1S/C43H67N4O21PSi/c1-23(48)44-34-15-17-47(41(56)46-34)40-39(66-30(8)55)37(65-29(7)54)33(67-40)21-60-69(57,58-12)18-16-43(22-61-70(13,14)42(9,10)11)19-31(62-26(4)51)35(45-24(2)49)38(68-43)36(64-28(6)53)32(63-27(5)52)20-59-25(3)50/h15,17,31-33,35-40H,16,18-22H2,1-14H3,(H,45,49)(H,44,46,48,56)/t31-,32-,33-,35-,36-,37?,38?,39?,40-,43+,69?/m1/s1. The smallest absolute Gasteiger partial charge is 0.351 e. The summed E-state index contributed by atoms with van der Waals surface area (Å²) in [6.45, 7) is 17.1. The molecule has 2 saturated heterocycles. The molecule has 0 bridgehead atoms. The highest BCUT2D eigenvalue weighted by Gasteiger charge is 2.57. The number of ether oxygens (including phenoxy) is 8. The van der Waals surface area contributed by atoms with Crippen LogP contribution in [0.1, 0.15) is 95.2 Å². The number of esters is 6. The van der Waals surface area contributed by atoms with Gasteiger partial charge in [0.05, 0.1) is 31.0 Å². The Kier molecular flexibility index (Phi) is 21.0. The van der Waals surface area contributed by atoms with Crippen LogP contribution in [0, 0.1) is 0 Å². The summed E-state index contributed by atoms with van der Waals surface area (Å²) >= 11 is 0. The summed E-state index contributed by atoms with van der Waals surface area (Å²) in [5.74, 6) is -6.29. The van der Waals surface area contributed by atoms with Gasteiger partial charge in [0, 0.05) is 75.1 Å². The van der Waals surface area contributed by atoms with Gasteiger partial charge in [0.2, 0.25) is 11.8 Å². The van der Waals surface area contributed by atoms with Gasteiger partial charge in [-0.3, -0.25) is 47.5 Å². The van der Waals surface area contributed by atoms with E-state index in [2.05, 4.69) is 15.6 Å². The van der Waals surface area contributed by atoms with E-state index in [4.69, 9.17) is 51.4 Å². The molecule has 0 saturated carbocycles. The van der Waals surface area contributed by atoms with Crippen LogP contribution in [0.25, 0.3) is 0 Å². The summed E-state index contributed by atoms with van der Waals surface area (Å²) in [5, 5.41) is 4.70. The van der Waals surface area contributed by atoms with Crippen molar-refractivity contribution in [1.29, 1.82) is 0 Å². The van der Waals surface area contributed by atoms with Crippen molar-refractivity contribution in [2.75, 3.05) is 38.4 Å². The molecule has 70 heavy (non-hydrogen) atoms. The summed E-state index contributed by atoms with van der Waals surface area (Å²) < 4.78 is 80.5. The fraction of sp³-hybridized carbons (Fsp3) is 0.721. The molecule has 3 heterocycles. The van der Waals surface area contributed by atoms with Crippen molar-refractivity contribution in [3.05, 3.63) is 22.7 Å². The van der Waals surface area contributed by atoms with Gasteiger partial charge in [0.1, 0.15) is 30.7 Å². The molecule has 3 rings (SSSR count). The molecule has 394 valence electrons. The normalized spacial score (nSPS) is 25.2. The van der Waals surface area contributed by atoms with Crippen molar-refractivity contribution in [3.8, 4) is 0 Å². The number of aromatic nitrogens is 2. The first-order valence-electron chi connectivity index (χ1n) is 22.2. The summed E-state index contributed by atoms with van der Waals surface area (Å²) in [6, 6.07) is -0.0498. The van der Waals surface area contributed by atoms with Gasteiger partial charge >= 0.3 is 49.1 Å². The van der Waals surface area contributed by atoms with Gasteiger partial charge in [-0.25, -0.2) is 4.79 Å². The third-order valence-corrected chi connectivity index (χ3v) is 17.9. The molecule has 11 atom stereocenters. The van der Waals surface area contributed by atoms with Gasteiger partial charge in [-0.2, -0.15) is 4.98 Å². The molecule has 25 nitrogen and oxygen atoms in total. The molecule has 2 fully saturated rings. The third-order valence-electron chi connectivity index (χ3n) is 11.5. The van der Waals surface area contributed by atoms with E-state index < -0.39 is 149 Å². The SMILES string of the molecule is COP(=O)(CC[C@@]1(CO[Si](C)(C)C(C)(C)C)C[C@@H](OC(C)=O)[C@@H](NC(C)=O)C([C@H](OC(C)=O)[C@@H](COC(C)=O)OC(C)=O)O1)OC[C@H]1O[C@@H](n2ccc(NC(C)=O)nc2=O)C(OC(C)=O)C1OC(C)=O. The Morgan fingerprint density at radius 1 is 0.871 bits per heavy atom. The Morgan fingerprint density at radius 2 is 1.47 bits per heavy atom. The fourth-order valence-electron chi connectivity index (χ4n) is 7.44. The van der Waals surface area contributed by atoms with Crippen LogP contribution >= 0.6 is 7.60 Å². The van der Waals surface area contributed by atoms with Crippen molar-refractivity contribution in [3.63, 3.8) is 0 Å². The average Bonchev–Trinajstić information content (AvgIpc) is 3.53. The quantitative estimate of drug-likeness (QED) is 0.0730. The van der Waals surface area contributed by atoms with E-state index in [1.807, 2.05) is 33.9 Å². The molecular formula is C43H67N4O21PSi. The fourth-order valence-corrected chi connectivity index (χ4v) is 9.97. The molecule has 2 aliphatic rings. The highest BCUT2D eigenvalue weighted by Crippen LogP contribution is 2.52. The molecule has 2 aliphatic heterocycles. The first kappa shape index (κ1) is 59.2. The lowest BCUT2D eigenvalue weighted by atomic mass is 9.82. The van der Waals surface area contributed by atoms with Crippen LogP contribution in [0.4, 0.5) is 5.82 Å². The zero-order valence-electron chi connectivity index (χ0n) is 42.0. The number of anilines is 1. The van der Waals surface area contributed by atoms with Crippen LogP contribution in [-0.2, 0) is 94.3 Å². The molecule has 0 radical (unpaired) electrons. The number of hydrogen-bond donors (Lipinski definition) is 2. The number of carbonyl (C=O) groups is 8. The second-order valence-corrected chi connectivity index (χ2v) is 25.5. The van der Waals surface area contributed by atoms with Gasteiger partial charge in [0.15, 0.2) is 39.0 Å². The lowest BCUT2D eigenvalue weighted by Gasteiger charge is -2.51. The Labute approximate surface area is 406 Å². The van der Waals surface area contributed by atoms with Crippen molar-refractivity contribution >= 4 is 69.4 Å². The predicted molar refractivity (Wildman–Crippen MR) is 244 cm³/mol. The van der Waals surface area contributed by atoms with Gasteiger partial charge in [-0.15, -0.1) is 0 Å². The third kappa shape index (κ3) is 17.0. The number of amides is 2. The zero-order valence-corrected chi connectivity index (χ0v) is 43.9. The first-order valence-corrected chi connectivity index (χ1v) is 26.8. The van der Waals surface area contributed by atoms with Crippen molar-refractivity contribution in [1.82, 2.24) is 14.9 Å². The Balaban J connectivity index is 2.19. The minimum absolute atomic E-state index is 0.0908. The van der Waals surface area contributed by atoms with E-state index in [1.165, 1.54) is 26.1 Å². The van der Waals surface area contributed by atoms with E-state index in [9.17, 15) is 47.7 Å². The maximum absolute atomic E-state index is 14.8. The van der Waals surface area contributed by atoms with Crippen LogP contribution in [0.5, 0.6) is 0 Å². The summed E-state index contributed by atoms with van der Waals surface area (Å²) in [6.07, 6.45) is -11.8. The van der Waals surface area contributed by atoms with E-state index in [0.29, 0.717) is 0 Å². The molecule has 4 unspecified atom stereocenters. The number of carbonyl (C=O) groups excluding carboxylic acids is 8. The minimum Gasteiger partial charge on any atom is -0.462 e. The second kappa shape index (κ2) is 24.8. The molecule has 1 aromatic heterocycles. The predicted octanol–water partition coefficient (Wildman–Crippen LogP) is 2.62. The molecule has 1 aromatic rings. The Bertz CT molecular complexity index is 2200. The van der Waals surface area contributed by atoms with E-state index in [0.717, 1.165) is 53.2 Å². The summed E-state index contributed by atoms with van der Waals surface area (Å²) in [5.41, 5.74) is -2.65. The largest absolute Gasteiger partial charge is 0.462 e. The summed E-state index contributed by atoms with van der Waals surface area (Å²) in [4.78, 5) is 117. The minimum atomic E-state index is -4.36. The molecule has 27 heteroatoms. The topological polar surface area (TPSA) is 314 Å². The molecule has 2 N–H and O–H groups in total. The van der Waals surface area contributed by atoms with Crippen molar-refractivity contribution in [2.24, 2.45) is 0 Å². The number of hydrogen-bond acceptors (Lipinski definition) is 22. The molecule has 0 aliphatic carbocycles. The van der Waals surface area contributed by atoms with Crippen LogP contribution in [0.2, 0.25) is 18.1 Å². The zero-order chi connectivity index (χ0) is 53.1. The van der Waals surface area contributed by atoms with E-state index >= 15 is 0 Å². The monoisotopic (exact) mass is 1030 g/mol. The van der Waals surface area contributed by atoms with Crippen molar-refractivity contribution in [2.45, 2.75) is 168 Å². The Hall–Kier alpha value is -5.11. The van der Waals surface area contributed by atoms with Gasteiger partial charge in [-0.1, -0.05) is 20.8 Å².